The predicted molar refractivity (Wildman–Crippen MR) is 146 cm³/mol. The van der Waals surface area contributed by atoms with Crippen LogP contribution >= 0.6 is 0 Å². The molecule has 4 aromatic rings. The van der Waals surface area contributed by atoms with Gasteiger partial charge in [0, 0.05) is 54.2 Å². The first-order chi connectivity index (χ1) is 17.9. The quantitative estimate of drug-likeness (QED) is 0.197. The predicted octanol–water partition coefficient (Wildman–Crippen LogP) is 5.65. The van der Waals surface area contributed by atoms with Crippen molar-refractivity contribution in [3.05, 3.63) is 95.7 Å². The van der Waals surface area contributed by atoms with Crippen molar-refractivity contribution in [2.45, 2.75) is 19.4 Å². The van der Waals surface area contributed by atoms with Gasteiger partial charge in [0.15, 0.2) is 0 Å². The number of nitrogens with one attached hydrogen (secondary N) is 1. The summed E-state index contributed by atoms with van der Waals surface area (Å²) in [6, 6.07) is 21.5. The second-order valence-corrected chi connectivity index (χ2v) is 9.25. The number of H-pyrrole nitrogens is 1. The zero-order valence-corrected chi connectivity index (χ0v) is 21.1. The van der Waals surface area contributed by atoms with Crippen LogP contribution in [0.5, 0.6) is 5.75 Å². The first-order valence-electron chi connectivity index (χ1n) is 12.3. The topological polar surface area (TPSA) is 85.9 Å². The summed E-state index contributed by atoms with van der Waals surface area (Å²) in [5, 5.41) is 12.3. The Labute approximate surface area is 215 Å². The number of ether oxygens (including phenoxy) is 1. The van der Waals surface area contributed by atoms with Gasteiger partial charge >= 0.3 is 0 Å². The third-order valence-corrected chi connectivity index (χ3v) is 6.58. The van der Waals surface area contributed by atoms with Crippen LogP contribution in [-0.2, 0) is 9.59 Å². The summed E-state index contributed by atoms with van der Waals surface area (Å²) in [6.07, 6.45) is 2.51. The molecule has 1 amide bonds. The maximum Gasteiger partial charge on any atom is 0.300 e. The van der Waals surface area contributed by atoms with Gasteiger partial charge in [-0.05, 0) is 42.3 Å². The van der Waals surface area contributed by atoms with E-state index < -0.39 is 17.7 Å². The molecule has 1 atom stereocenters. The molecule has 0 radical (unpaired) electrons. The number of anilines is 2. The fourth-order valence-electron chi connectivity index (χ4n) is 4.72. The van der Waals surface area contributed by atoms with E-state index in [1.807, 2.05) is 80.5 Å². The van der Waals surface area contributed by atoms with Crippen LogP contribution in [0.4, 0.5) is 11.4 Å². The van der Waals surface area contributed by atoms with E-state index >= 15 is 0 Å². The van der Waals surface area contributed by atoms with Gasteiger partial charge in [-0.25, -0.2) is 0 Å². The highest BCUT2D eigenvalue weighted by atomic mass is 16.5. The molecule has 37 heavy (non-hydrogen) atoms. The summed E-state index contributed by atoms with van der Waals surface area (Å²) in [7, 11) is 3.89. The highest BCUT2D eigenvalue weighted by Gasteiger charge is 2.47. The summed E-state index contributed by atoms with van der Waals surface area (Å²) in [5.41, 5.74) is 3.57. The Kier molecular flexibility index (Phi) is 6.44. The number of aliphatic hydroxyl groups excluding tert-OH is 1. The number of carbonyl (C=O) groups is 2. The number of fused-ring (bicyclic) bond motifs is 1. The number of para-hydroxylation sites is 1. The summed E-state index contributed by atoms with van der Waals surface area (Å²) >= 11 is 0. The zero-order valence-electron chi connectivity index (χ0n) is 21.1. The van der Waals surface area contributed by atoms with E-state index in [4.69, 9.17) is 4.74 Å². The Hall–Kier alpha value is -4.52. The molecule has 1 fully saturated rings. The number of nitrogens with zero attached hydrogens (tertiary/aromatic N) is 2. The molecule has 7 heteroatoms. The minimum Gasteiger partial charge on any atom is -0.507 e. The van der Waals surface area contributed by atoms with E-state index in [9.17, 15) is 14.7 Å². The normalized spacial score (nSPS) is 16.9. The van der Waals surface area contributed by atoms with Crippen molar-refractivity contribution in [2.24, 2.45) is 0 Å². The van der Waals surface area contributed by atoms with Crippen LogP contribution in [0, 0.1) is 0 Å². The molecule has 1 aromatic heterocycles. The van der Waals surface area contributed by atoms with Crippen LogP contribution in [0.3, 0.4) is 0 Å². The van der Waals surface area contributed by atoms with Gasteiger partial charge in [0.05, 0.1) is 18.2 Å². The molecule has 1 unspecified atom stereocenters. The van der Waals surface area contributed by atoms with Gasteiger partial charge in [-0.1, -0.05) is 43.3 Å². The molecule has 0 saturated carbocycles. The zero-order chi connectivity index (χ0) is 26.1. The molecule has 2 N–H and O–H groups in total. The molecule has 188 valence electrons. The molecule has 1 saturated heterocycles. The van der Waals surface area contributed by atoms with Gasteiger partial charge in [-0.15, -0.1) is 0 Å². The lowest BCUT2D eigenvalue weighted by Crippen LogP contribution is -2.29. The van der Waals surface area contributed by atoms with Crippen molar-refractivity contribution in [3.8, 4) is 5.75 Å². The fraction of sp³-hybridized carbons (Fsp3) is 0.200. The van der Waals surface area contributed by atoms with Gasteiger partial charge in [0.1, 0.15) is 11.5 Å². The second-order valence-electron chi connectivity index (χ2n) is 9.25. The maximum absolute atomic E-state index is 13.5. The van der Waals surface area contributed by atoms with Crippen LogP contribution < -0.4 is 14.5 Å². The molecule has 0 bridgehead atoms. The smallest absolute Gasteiger partial charge is 0.300 e. The first-order valence-corrected chi connectivity index (χ1v) is 12.3. The minimum atomic E-state index is -0.814. The molecular formula is C30H29N3O4. The Bertz CT molecular complexity index is 1500. The average Bonchev–Trinajstić information content (AvgIpc) is 3.46. The van der Waals surface area contributed by atoms with E-state index in [0.717, 1.165) is 23.0 Å². The summed E-state index contributed by atoms with van der Waals surface area (Å²) in [5.74, 6) is -1.03. The number of rotatable bonds is 7. The summed E-state index contributed by atoms with van der Waals surface area (Å²) in [6.45, 7) is 2.56. The standard InChI is InChI=1S/C30H29N3O4/c1-4-16-37-22-9-7-8-21(17-22)33-27(19-12-14-20(15-13-19)32(2)3)26(29(35)30(33)36)28(34)24-18-31-25-11-6-5-10-23(24)25/h5-15,17-18,27,31,34H,4,16H2,1-3H3/b28-26-. The van der Waals surface area contributed by atoms with Crippen molar-refractivity contribution < 1.29 is 19.4 Å². The maximum atomic E-state index is 13.5. The molecule has 1 aliphatic heterocycles. The number of benzene rings is 3. The number of aromatic amines is 1. The highest BCUT2D eigenvalue weighted by molar-refractivity contribution is 6.51. The van der Waals surface area contributed by atoms with Crippen LogP contribution in [0.25, 0.3) is 16.7 Å². The SMILES string of the molecule is CCCOc1cccc(N2C(=O)C(=O)/C(=C(\O)c3c[nH]c4ccccc34)C2c2ccc(N(C)C)cc2)c1. The molecular weight excluding hydrogens is 466 g/mol. The Balaban J connectivity index is 1.69. The van der Waals surface area contributed by atoms with Gasteiger partial charge < -0.3 is 19.7 Å². The molecule has 0 aliphatic carbocycles. The van der Waals surface area contributed by atoms with E-state index in [1.165, 1.54) is 4.90 Å². The summed E-state index contributed by atoms with van der Waals surface area (Å²) < 4.78 is 5.79. The Morgan fingerprint density at radius 2 is 1.78 bits per heavy atom. The number of ketones is 1. The van der Waals surface area contributed by atoms with Gasteiger partial charge in [-0.3, -0.25) is 14.5 Å². The number of amides is 1. The summed E-state index contributed by atoms with van der Waals surface area (Å²) in [4.78, 5) is 33.6. The highest BCUT2D eigenvalue weighted by Crippen LogP contribution is 2.43. The van der Waals surface area contributed by atoms with Crippen molar-refractivity contribution in [3.63, 3.8) is 0 Å². The number of Topliss-reactive ketones (excluding diaryl/α,β-unsaturated/α-hetero) is 1. The van der Waals surface area contributed by atoms with Crippen molar-refractivity contribution >= 4 is 39.7 Å². The number of aliphatic hydroxyl groups is 1. The number of carbonyl (C=O) groups excluding carboxylic acids is 2. The number of aromatic nitrogens is 1. The number of hydrogen-bond acceptors (Lipinski definition) is 5. The van der Waals surface area contributed by atoms with Gasteiger partial charge in [-0.2, -0.15) is 0 Å². The fourth-order valence-corrected chi connectivity index (χ4v) is 4.72. The second kappa shape index (κ2) is 9.85. The van der Waals surface area contributed by atoms with E-state index in [0.29, 0.717) is 29.2 Å². The van der Waals surface area contributed by atoms with Crippen LogP contribution in [0.1, 0.15) is 30.5 Å². The van der Waals surface area contributed by atoms with Crippen LogP contribution in [0.15, 0.2) is 84.6 Å². The van der Waals surface area contributed by atoms with Crippen molar-refractivity contribution in [1.29, 1.82) is 0 Å². The first kappa shape index (κ1) is 24.2. The molecule has 7 nitrogen and oxygen atoms in total. The minimum absolute atomic E-state index is 0.0484. The van der Waals surface area contributed by atoms with E-state index in [1.54, 1.807) is 24.4 Å². The average molecular weight is 496 g/mol. The molecule has 2 heterocycles. The molecule has 1 aliphatic rings. The Morgan fingerprint density at radius 3 is 2.51 bits per heavy atom. The van der Waals surface area contributed by atoms with Crippen LogP contribution in [-0.4, -0.2) is 42.5 Å². The van der Waals surface area contributed by atoms with E-state index in [-0.39, 0.29) is 11.3 Å². The lowest BCUT2D eigenvalue weighted by molar-refractivity contribution is -0.132. The monoisotopic (exact) mass is 495 g/mol. The lowest BCUT2D eigenvalue weighted by Gasteiger charge is -2.26. The van der Waals surface area contributed by atoms with Crippen LogP contribution in [0.2, 0.25) is 0 Å². The van der Waals surface area contributed by atoms with E-state index in [2.05, 4.69) is 4.98 Å². The van der Waals surface area contributed by atoms with Gasteiger partial charge in [0.2, 0.25) is 0 Å². The molecule has 0 spiro atoms. The lowest BCUT2D eigenvalue weighted by atomic mass is 9.94. The largest absolute Gasteiger partial charge is 0.507 e. The molecule has 5 rings (SSSR count). The third kappa shape index (κ3) is 4.33. The number of hydrogen-bond donors (Lipinski definition) is 2. The van der Waals surface area contributed by atoms with Gasteiger partial charge in [0.25, 0.3) is 11.7 Å². The molecule has 3 aromatic carbocycles. The Morgan fingerprint density at radius 1 is 1.03 bits per heavy atom. The van der Waals surface area contributed by atoms with Crippen molar-refractivity contribution in [1.82, 2.24) is 4.98 Å². The van der Waals surface area contributed by atoms with Crippen molar-refractivity contribution in [2.75, 3.05) is 30.5 Å². The third-order valence-electron chi connectivity index (χ3n) is 6.58.